The number of hydrogen-bond acceptors (Lipinski definition) is 3. The molecule has 1 aromatic heterocycles. The molecule has 5 rings (SSSR count). The molecule has 2 heterocycles. The van der Waals surface area contributed by atoms with Crippen molar-refractivity contribution in [3.05, 3.63) is 84.6 Å². The molecule has 0 aliphatic carbocycles. The van der Waals surface area contributed by atoms with Crippen LogP contribution >= 0.6 is 0 Å². The first-order valence-electron chi connectivity index (χ1n) is 8.90. The highest BCUT2D eigenvalue weighted by molar-refractivity contribution is 5.69. The smallest absolute Gasteiger partial charge is 0.231 e. The Morgan fingerprint density at radius 2 is 1.59 bits per heavy atom. The second-order valence-corrected chi connectivity index (χ2v) is 6.59. The van der Waals surface area contributed by atoms with E-state index in [9.17, 15) is 0 Å². The summed E-state index contributed by atoms with van der Waals surface area (Å²) in [5.41, 5.74) is 5.31. The van der Waals surface area contributed by atoms with Crippen molar-refractivity contribution in [3.63, 3.8) is 0 Å². The first-order chi connectivity index (χ1) is 13.3. The van der Waals surface area contributed by atoms with E-state index in [4.69, 9.17) is 14.5 Å². The van der Waals surface area contributed by atoms with E-state index >= 15 is 0 Å². The van der Waals surface area contributed by atoms with E-state index in [1.54, 1.807) is 0 Å². The Morgan fingerprint density at radius 3 is 2.41 bits per heavy atom. The molecule has 0 N–H and O–H groups in total. The van der Waals surface area contributed by atoms with Crippen LogP contribution in [-0.2, 0) is 0 Å². The summed E-state index contributed by atoms with van der Waals surface area (Å²) in [6.07, 6.45) is 2.08. The van der Waals surface area contributed by atoms with Gasteiger partial charge in [-0.05, 0) is 37.3 Å². The largest absolute Gasteiger partial charge is 0.454 e. The van der Waals surface area contributed by atoms with Gasteiger partial charge in [-0.1, -0.05) is 48.0 Å². The summed E-state index contributed by atoms with van der Waals surface area (Å²) in [6.45, 7) is 2.35. The van der Waals surface area contributed by atoms with E-state index in [1.165, 1.54) is 5.56 Å². The van der Waals surface area contributed by atoms with Crippen molar-refractivity contribution in [2.75, 3.05) is 6.79 Å². The summed E-state index contributed by atoms with van der Waals surface area (Å²) in [5.74, 6) is 2.40. The number of nitrogens with zero attached hydrogens (tertiary/aromatic N) is 2. The summed E-state index contributed by atoms with van der Waals surface area (Å²) in [6, 6.07) is 24.6. The number of aromatic nitrogens is 2. The summed E-state index contributed by atoms with van der Waals surface area (Å²) in [7, 11) is 0. The SMILES string of the molecule is Cc1ccc(-n2cc(-c3ccccc3)nc2-c2ccc3c(c2)OCO3)cc1. The van der Waals surface area contributed by atoms with Gasteiger partial charge in [-0.25, -0.2) is 4.98 Å². The lowest BCUT2D eigenvalue weighted by Crippen LogP contribution is -1.96. The van der Waals surface area contributed by atoms with Crippen LogP contribution in [0.3, 0.4) is 0 Å². The van der Waals surface area contributed by atoms with Crippen LogP contribution in [-0.4, -0.2) is 16.3 Å². The fourth-order valence-corrected chi connectivity index (χ4v) is 3.27. The van der Waals surface area contributed by atoms with Crippen LogP contribution in [0, 0.1) is 6.92 Å². The van der Waals surface area contributed by atoms with E-state index in [1.807, 2.05) is 36.4 Å². The third kappa shape index (κ3) is 2.85. The molecule has 4 nitrogen and oxygen atoms in total. The molecule has 132 valence electrons. The number of hydrogen-bond donors (Lipinski definition) is 0. The molecule has 0 atom stereocenters. The van der Waals surface area contributed by atoms with Crippen molar-refractivity contribution in [2.24, 2.45) is 0 Å². The molecule has 4 heteroatoms. The molecular formula is C23H18N2O2. The molecule has 1 aliphatic heterocycles. The monoisotopic (exact) mass is 354 g/mol. The predicted octanol–water partition coefficient (Wildman–Crippen LogP) is 5.24. The first-order valence-corrected chi connectivity index (χ1v) is 8.90. The zero-order valence-corrected chi connectivity index (χ0v) is 14.9. The van der Waals surface area contributed by atoms with Crippen molar-refractivity contribution in [1.82, 2.24) is 9.55 Å². The van der Waals surface area contributed by atoms with Gasteiger partial charge in [-0.3, -0.25) is 4.57 Å². The first kappa shape index (κ1) is 15.7. The maximum absolute atomic E-state index is 5.55. The minimum absolute atomic E-state index is 0.264. The number of ether oxygens (including phenoxy) is 2. The molecule has 0 fully saturated rings. The Labute approximate surface area is 157 Å². The summed E-state index contributed by atoms with van der Waals surface area (Å²) in [4.78, 5) is 4.94. The van der Waals surface area contributed by atoms with Crippen LogP contribution in [0.4, 0.5) is 0 Å². The molecule has 0 amide bonds. The van der Waals surface area contributed by atoms with Gasteiger partial charge in [0.05, 0.1) is 5.69 Å². The Hall–Kier alpha value is -3.53. The second kappa shape index (κ2) is 6.32. The van der Waals surface area contributed by atoms with Crippen molar-refractivity contribution in [3.8, 4) is 39.8 Å². The molecule has 0 saturated carbocycles. The van der Waals surface area contributed by atoms with Crippen LogP contribution in [0.5, 0.6) is 11.5 Å². The summed E-state index contributed by atoms with van der Waals surface area (Å²) < 4.78 is 13.1. The average molecular weight is 354 g/mol. The van der Waals surface area contributed by atoms with Crippen molar-refractivity contribution in [2.45, 2.75) is 6.92 Å². The standard InChI is InChI=1S/C23H18N2O2/c1-16-7-10-19(11-8-16)25-14-20(17-5-3-2-4-6-17)24-23(25)18-9-12-21-22(13-18)27-15-26-21/h2-14H,15H2,1H3. The molecule has 1 aliphatic rings. The third-order valence-corrected chi connectivity index (χ3v) is 4.72. The molecule has 3 aromatic carbocycles. The highest BCUT2D eigenvalue weighted by Gasteiger charge is 2.18. The zero-order chi connectivity index (χ0) is 18.2. The quantitative estimate of drug-likeness (QED) is 0.504. The van der Waals surface area contributed by atoms with Crippen LogP contribution in [0.1, 0.15) is 5.56 Å². The highest BCUT2D eigenvalue weighted by Crippen LogP contribution is 2.37. The van der Waals surface area contributed by atoms with E-state index < -0.39 is 0 Å². The van der Waals surface area contributed by atoms with Gasteiger partial charge in [0.2, 0.25) is 6.79 Å². The maximum atomic E-state index is 5.55. The van der Waals surface area contributed by atoms with Gasteiger partial charge >= 0.3 is 0 Å². The Kier molecular flexibility index (Phi) is 3.68. The molecular weight excluding hydrogens is 336 g/mol. The summed E-state index contributed by atoms with van der Waals surface area (Å²) in [5, 5.41) is 0. The predicted molar refractivity (Wildman–Crippen MR) is 105 cm³/mol. The zero-order valence-electron chi connectivity index (χ0n) is 14.9. The van der Waals surface area contributed by atoms with Crippen LogP contribution < -0.4 is 9.47 Å². The van der Waals surface area contributed by atoms with E-state index in [2.05, 4.69) is 54.1 Å². The third-order valence-electron chi connectivity index (χ3n) is 4.72. The van der Waals surface area contributed by atoms with Gasteiger partial charge in [0.1, 0.15) is 5.82 Å². The number of fused-ring (bicyclic) bond motifs is 1. The van der Waals surface area contributed by atoms with Crippen molar-refractivity contribution < 1.29 is 9.47 Å². The number of rotatable bonds is 3. The summed E-state index contributed by atoms with van der Waals surface area (Å²) >= 11 is 0. The number of imidazole rings is 1. The average Bonchev–Trinajstić information content (AvgIpc) is 3.36. The lowest BCUT2D eigenvalue weighted by Gasteiger charge is -2.09. The van der Waals surface area contributed by atoms with Crippen molar-refractivity contribution >= 4 is 0 Å². The molecule has 0 saturated heterocycles. The van der Waals surface area contributed by atoms with Crippen LogP contribution in [0.25, 0.3) is 28.3 Å². The van der Waals surface area contributed by atoms with Gasteiger partial charge in [-0.15, -0.1) is 0 Å². The van der Waals surface area contributed by atoms with Gasteiger partial charge in [0.15, 0.2) is 11.5 Å². The van der Waals surface area contributed by atoms with Gasteiger partial charge in [-0.2, -0.15) is 0 Å². The molecule has 0 unspecified atom stereocenters. The minimum atomic E-state index is 0.264. The highest BCUT2D eigenvalue weighted by atomic mass is 16.7. The fraction of sp³-hybridized carbons (Fsp3) is 0.0870. The molecule has 4 aromatic rings. The Balaban J connectivity index is 1.68. The fourth-order valence-electron chi connectivity index (χ4n) is 3.27. The second-order valence-electron chi connectivity index (χ2n) is 6.59. The topological polar surface area (TPSA) is 36.3 Å². The molecule has 0 spiro atoms. The van der Waals surface area contributed by atoms with E-state index in [0.29, 0.717) is 0 Å². The van der Waals surface area contributed by atoms with Crippen LogP contribution in [0.15, 0.2) is 79.0 Å². The van der Waals surface area contributed by atoms with Gasteiger partial charge in [0.25, 0.3) is 0 Å². The minimum Gasteiger partial charge on any atom is -0.454 e. The van der Waals surface area contributed by atoms with E-state index in [-0.39, 0.29) is 6.79 Å². The van der Waals surface area contributed by atoms with Crippen LogP contribution in [0.2, 0.25) is 0 Å². The van der Waals surface area contributed by atoms with Crippen molar-refractivity contribution in [1.29, 1.82) is 0 Å². The molecule has 0 radical (unpaired) electrons. The van der Waals surface area contributed by atoms with E-state index in [0.717, 1.165) is 39.8 Å². The molecule has 0 bridgehead atoms. The Morgan fingerprint density at radius 1 is 0.815 bits per heavy atom. The van der Waals surface area contributed by atoms with Gasteiger partial charge < -0.3 is 9.47 Å². The lowest BCUT2D eigenvalue weighted by atomic mass is 10.1. The number of aryl methyl sites for hydroxylation is 1. The maximum Gasteiger partial charge on any atom is 0.231 e. The molecule has 27 heavy (non-hydrogen) atoms. The van der Waals surface area contributed by atoms with Gasteiger partial charge in [0, 0.05) is 23.0 Å². The lowest BCUT2D eigenvalue weighted by molar-refractivity contribution is 0.174. The normalized spacial score (nSPS) is 12.3. The number of benzene rings is 3. The Bertz CT molecular complexity index is 1100.